The molecule has 3 aromatic rings. The quantitative estimate of drug-likeness (QED) is 0.409. The van der Waals surface area contributed by atoms with Gasteiger partial charge in [0.25, 0.3) is 5.91 Å². The van der Waals surface area contributed by atoms with Crippen molar-refractivity contribution >= 4 is 45.0 Å². The first-order chi connectivity index (χ1) is 18.3. The van der Waals surface area contributed by atoms with Crippen LogP contribution in [-0.2, 0) is 16.1 Å². The Morgan fingerprint density at radius 2 is 1.84 bits per heavy atom. The number of aromatic nitrogens is 1. The maximum atomic E-state index is 13.4. The molecule has 0 bridgehead atoms. The summed E-state index contributed by atoms with van der Waals surface area (Å²) >= 11 is 1.56. The second-order valence-corrected chi connectivity index (χ2v) is 11.3. The van der Waals surface area contributed by atoms with E-state index in [4.69, 9.17) is 0 Å². The molecule has 2 aromatic heterocycles. The molecule has 2 heterocycles. The summed E-state index contributed by atoms with van der Waals surface area (Å²) in [5, 5.41) is 8.19. The molecule has 4 rings (SSSR count). The molecule has 38 heavy (non-hydrogen) atoms. The SMILES string of the molecule is CCN(C(=O)Cn1c(C(=O)N[C@H]2CC[C@H](C(=O)NCCN(C)C)CC2)cc2sccc21)c1cccc(C)c1. The average molecular weight is 538 g/mol. The fourth-order valence-electron chi connectivity index (χ4n) is 5.16. The summed E-state index contributed by atoms with van der Waals surface area (Å²) in [5.41, 5.74) is 3.35. The molecule has 0 atom stereocenters. The van der Waals surface area contributed by atoms with Gasteiger partial charge in [-0.05, 0) is 88.8 Å². The van der Waals surface area contributed by atoms with E-state index in [0.29, 0.717) is 18.8 Å². The van der Waals surface area contributed by atoms with Crippen molar-refractivity contribution in [2.75, 3.05) is 38.6 Å². The number of carbonyl (C=O) groups excluding carboxylic acids is 3. The molecular formula is C29H39N5O3S. The lowest BCUT2D eigenvalue weighted by Crippen LogP contribution is -2.42. The summed E-state index contributed by atoms with van der Waals surface area (Å²) in [6.07, 6.45) is 3.05. The number of nitrogens with one attached hydrogen (secondary N) is 2. The second-order valence-electron chi connectivity index (χ2n) is 10.4. The molecule has 2 N–H and O–H groups in total. The Morgan fingerprint density at radius 1 is 1.08 bits per heavy atom. The number of benzene rings is 1. The van der Waals surface area contributed by atoms with E-state index in [9.17, 15) is 14.4 Å². The monoisotopic (exact) mass is 537 g/mol. The van der Waals surface area contributed by atoms with Gasteiger partial charge in [-0.3, -0.25) is 14.4 Å². The van der Waals surface area contributed by atoms with Crippen LogP contribution in [0.25, 0.3) is 10.2 Å². The van der Waals surface area contributed by atoms with Gasteiger partial charge in [0.1, 0.15) is 12.2 Å². The molecule has 3 amide bonds. The minimum atomic E-state index is -0.168. The van der Waals surface area contributed by atoms with Crippen LogP contribution in [-0.4, -0.2) is 67.0 Å². The van der Waals surface area contributed by atoms with Gasteiger partial charge in [-0.2, -0.15) is 0 Å². The number of rotatable bonds is 10. The highest BCUT2D eigenvalue weighted by atomic mass is 32.1. The number of aryl methyl sites for hydroxylation is 1. The lowest BCUT2D eigenvalue weighted by molar-refractivity contribution is -0.126. The summed E-state index contributed by atoms with van der Waals surface area (Å²) in [5.74, 6) is -0.118. The van der Waals surface area contributed by atoms with E-state index in [1.807, 2.05) is 79.2 Å². The molecule has 204 valence electrons. The van der Waals surface area contributed by atoms with Crippen molar-refractivity contribution in [3.63, 3.8) is 0 Å². The first-order valence-electron chi connectivity index (χ1n) is 13.4. The van der Waals surface area contributed by atoms with Gasteiger partial charge in [0, 0.05) is 37.3 Å². The fourth-order valence-corrected chi connectivity index (χ4v) is 5.98. The first-order valence-corrected chi connectivity index (χ1v) is 14.3. The maximum absolute atomic E-state index is 13.4. The Bertz CT molecular complexity index is 1270. The van der Waals surface area contributed by atoms with E-state index in [1.165, 1.54) is 0 Å². The van der Waals surface area contributed by atoms with Crippen molar-refractivity contribution in [1.29, 1.82) is 0 Å². The maximum Gasteiger partial charge on any atom is 0.268 e. The lowest BCUT2D eigenvalue weighted by Gasteiger charge is -2.28. The third-order valence-corrected chi connectivity index (χ3v) is 8.12. The minimum absolute atomic E-state index is 0.00112. The largest absolute Gasteiger partial charge is 0.355 e. The van der Waals surface area contributed by atoms with Crippen LogP contribution < -0.4 is 15.5 Å². The molecule has 0 saturated heterocycles. The summed E-state index contributed by atoms with van der Waals surface area (Å²) in [7, 11) is 3.97. The van der Waals surface area contributed by atoms with Crippen LogP contribution in [0.5, 0.6) is 0 Å². The van der Waals surface area contributed by atoms with Crippen molar-refractivity contribution in [3.05, 3.63) is 53.0 Å². The van der Waals surface area contributed by atoms with Gasteiger partial charge < -0.3 is 25.0 Å². The zero-order chi connectivity index (χ0) is 27.2. The molecular weight excluding hydrogens is 498 g/mol. The number of thiophene rings is 1. The van der Waals surface area contributed by atoms with Crippen molar-refractivity contribution in [1.82, 2.24) is 20.1 Å². The number of likely N-dealkylation sites (N-methyl/N-ethyl adjacent to an activating group) is 2. The van der Waals surface area contributed by atoms with Crippen LogP contribution in [0.4, 0.5) is 5.69 Å². The Kier molecular flexibility index (Phi) is 9.22. The van der Waals surface area contributed by atoms with Gasteiger partial charge in [0.15, 0.2) is 0 Å². The Labute approximate surface area is 229 Å². The van der Waals surface area contributed by atoms with Gasteiger partial charge in [0.05, 0.1) is 10.2 Å². The van der Waals surface area contributed by atoms with Gasteiger partial charge in [-0.15, -0.1) is 11.3 Å². The van der Waals surface area contributed by atoms with Crippen molar-refractivity contribution < 1.29 is 14.4 Å². The Morgan fingerprint density at radius 3 is 2.53 bits per heavy atom. The van der Waals surface area contributed by atoms with E-state index in [1.54, 1.807) is 16.2 Å². The van der Waals surface area contributed by atoms with Gasteiger partial charge in [0.2, 0.25) is 11.8 Å². The molecule has 0 unspecified atom stereocenters. The lowest BCUT2D eigenvalue weighted by atomic mass is 9.85. The van der Waals surface area contributed by atoms with Crippen LogP contribution in [0.3, 0.4) is 0 Å². The third kappa shape index (κ3) is 6.63. The van der Waals surface area contributed by atoms with Crippen LogP contribution in [0.1, 0.15) is 48.7 Å². The normalized spacial score (nSPS) is 17.5. The number of nitrogens with zero attached hydrogens (tertiary/aromatic N) is 3. The number of hydrogen-bond acceptors (Lipinski definition) is 5. The predicted octanol–water partition coefficient (Wildman–Crippen LogP) is 4.03. The topological polar surface area (TPSA) is 86.7 Å². The smallest absolute Gasteiger partial charge is 0.268 e. The zero-order valence-corrected chi connectivity index (χ0v) is 23.6. The highest BCUT2D eigenvalue weighted by Crippen LogP contribution is 2.28. The standard InChI is InChI=1S/C29H39N5O3S/c1-5-33(23-8-6-7-20(2)17-23)27(35)19-34-24-13-16-38-26(24)18-25(34)29(37)31-22-11-9-21(10-12-22)28(36)30-14-15-32(3)4/h6-8,13,16-18,21-22H,5,9-12,14-15,19H2,1-4H3,(H,30,36)(H,31,37)/t21-,22-. The summed E-state index contributed by atoms with van der Waals surface area (Å²) in [4.78, 5) is 43.2. The van der Waals surface area contributed by atoms with Crippen LogP contribution in [0.2, 0.25) is 0 Å². The molecule has 1 fully saturated rings. The first kappa shape index (κ1) is 27.9. The van der Waals surface area contributed by atoms with Crippen molar-refractivity contribution in [2.45, 2.75) is 52.1 Å². The van der Waals surface area contributed by atoms with Crippen LogP contribution in [0.15, 0.2) is 41.8 Å². The van der Waals surface area contributed by atoms with E-state index < -0.39 is 0 Å². The van der Waals surface area contributed by atoms with Crippen molar-refractivity contribution in [2.24, 2.45) is 5.92 Å². The van der Waals surface area contributed by atoms with Crippen molar-refractivity contribution in [3.8, 4) is 0 Å². The van der Waals surface area contributed by atoms with Crippen LogP contribution in [0, 0.1) is 12.8 Å². The molecule has 9 heteroatoms. The van der Waals surface area contributed by atoms with E-state index in [0.717, 1.165) is 53.7 Å². The summed E-state index contributed by atoms with van der Waals surface area (Å²) < 4.78 is 2.82. The fraction of sp³-hybridized carbons (Fsp3) is 0.483. The Hall–Kier alpha value is -3.17. The number of hydrogen-bond donors (Lipinski definition) is 2. The molecule has 8 nitrogen and oxygen atoms in total. The minimum Gasteiger partial charge on any atom is -0.355 e. The number of amides is 3. The van der Waals surface area contributed by atoms with Gasteiger partial charge in [-0.25, -0.2) is 0 Å². The molecule has 1 aliphatic rings. The third-order valence-electron chi connectivity index (χ3n) is 7.27. The predicted molar refractivity (Wildman–Crippen MR) is 154 cm³/mol. The molecule has 0 radical (unpaired) electrons. The molecule has 1 aromatic carbocycles. The number of carbonyl (C=O) groups is 3. The summed E-state index contributed by atoms with van der Waals surface area (Å²) in [6, 6.07) is 11.8. The molecule has 0 aliphatic heterocycles. The average Bonchev–Trinajstić information content (AvgIpc) is 3.47. The number of anilines is 1. The summed E-state index contributed by atoms with van der Waals surface area (Å²) in [6.45, 7) is 6.07. The molecule has 1 saturated carbocycles. The second kappa shape index (κ2) is 12.6. The zero-order valence-electron chi connectivity index (χ0n) is 22.8. The van der Waals surface area contributed by atoms with Crippen LogP contribution >= 0.6 is 11.3 Å². The van der Waals surface area contributed by atoms with E-state index in [-0.39, 0.29) is 36.2 Å². The van der Waals surface area contributed by atoms with E-state index >= 15 is 0 Å². The Balaban J connectivity index is 1.41. The highest BCUT2D eigenvalue weighted by molar-refractivity contribution is 7.17. The molecule has 0 spiro atoms. The molecule has 1 aliphatic carbocycles. The van der Waals surface area contributed by atoms with E-state index in [2.05, 4.69) is 10.6 Å². The van der Waals surface area contributed by atoms with Gasteiger partial charge >= 0.3 is 0 Å². The highest BCUT2D eigenvalue weighted by Gasteiger charge is 2.28. The van der Waals surface area contributed by atoms with Gasteiger partial charge in [-0.1, -0.05) is 12.1 Å². The number of fused-ring (bicyclic) bond motifs is 1.